The lowest BCUT2D eigenvalue weighted by atomic mass is 9.92. The molecule has 0 aromatic carbocycles. The Labute approximate surface area is 85.8 Å². The van der Waals surface area contributed by atoms with Crippen LogP contribution in [0.2, 0.25) is 0 Å². The normalized spacial score (nSPS) is 28.4. The maximum Gasteiger partial charge on any atom is 0.228 e. The van der Waals surface area contributed by atoms with Gasteiger partial charge in [-0.1, -0.05) is 13.8 Å². The monoisotopic (exact) mass is 196 g/mol. The van der Waals surface area contributed by atoms with Gasteiger partial charge in [0.25, 0.3) is 0 Å². The van der Waals surface area contributed by atoms with Crippen LogP contribution in [0.4, 0.5) is 0 Å². The fourth-order valence-electron chi connectivity index (χ4n) is 2.46. The summed E-state index contributed by atoms with van der Waals surface area (Å²) < 4.78 is 0. The Morgan fingerprint density at radius 1 is 1.36 bits per heavy atom. The number of likely N-dealkylation sites (tertiary alicyclic amines) is 1. The lowest BCUT2D eigenvalue weighted by Crippen LogP contribution is -2.45. The molecule has 2 heterocycles. The minimum Gasteiger partial charge on any atom is -0.339 e. The minimum atomic E-state index is -0.106. The van der Waals surface area contributed by atoms with Crippen molar-refractivity contribution in [1.82, 2.24) is 10.2 Å². The number of nitrogens with one attached hydrogen (secondary N) is 1. The first kappa shape index (κ1) is 9.97. The number of carbonyl (C=O) groups is 1. The fraction of sp³-hybridized carbons (Fsp3) is 0.909. The third kappa shape index (κ3) is 1.65. The molecule has 3 heteroatoms. The van der Waals surface area contributed by atoms with Crippen LogP contribution >= 0.6 is 0 Å². The van der Waals surface area contributed by atoms with Crippen molar-refractivity contribution in [2.24, 2.45) is 5.41 Å². The third-order valence-corrected chi connectivity index (χ3v) is 3.57. The van der Waals surface area contributed by atoms with Crippen LogP contribution < -0.4 is 5.32 Å². The summed E-state index contributed by atoms with van der Waals surface area (Å²) in [7, 11) is 0. The first-order valence-electron chi connectivity index (χ1n) is 5.63. The number of carbonyl (C=O) groups excluding carboxylic acids is 1. The van der Waals surface area contributed by atoms with E-state index < -0.39 is 0 Å². The maximum atomic E-state index is 12.0. The van der Waals surface area contributed by atoms with Gasteiger partial charge in [-0.2, -0.15) is 0 Å². The van der Waals surface area contributed by atoms with Crippen LogP contribution in [0.5, 0.6) is 0 Å². The van der Waals surface area contributed by atoms with Gasteiger partial charge >= 0.3 is 0 Å². The van der Waals surface area contributed by atoms with Crippen LogP contribution in [0.1, 0.15) is 33.1 Å². The number of piperidine rings is 1. The van der Waals surface area contributed by atoms with E-state index in [4.69, 9.17) is 0 Å². The summed E-state index contributed by atoms with van der Waals surface area (Å²) in [5.41, 5.74) is -0.106. The molecule has 0 radical (unpaired) electrons. The molecule has 0 spiro atoms. The first-order valence-corrected chi connectivity index (χ1v) is 5.63. The standard InChI is InChI=1S/C11H20N2O/c1-11(2)5-8-13(10(11)14)9-3-6-12-7-4-9/h9,12H,3-8H2,1-2H3. The average molecular weight is 196 g/mol. The number of rotatable bonds is 1. The van der Waals surface area contributed by atoms with Crippen molar-refractivity contribution in [3.63, 3.8) is 0 Å². The molecular weight excluding hydrogens is 176 g/mol. The van der Waals surface area contributed by atoms with Gasteiger partial charge in [0.2, 0.25) is 5.91 Å². The van der Waals surface area contributed by atoms with Gasteiger partial charge in [-0.05, 0) is 32.4 Å². The Kier molecular flexibility index (Phi) is 2.52. The van der Waals surface area contributed by atoms with Gasteiger partial charge < -0.3 is 10.2 Å². The molecule has 80 valence electrons. The Balaban J connectivity index is 2.02. The summed E-state index contributed by atoms with van der Waals surface area (Å²) in [5, 5.41) is 3.34. The molecule has 3 nitrogen and oxygen atoms in total. The number of hydrogen-bond donors (Lipinski definition) is 1. The van der Waals surface area contributed by atoms with Crippen molar-refractivity contribution in [1.29, 1.82) is 0 Å². The van der Waals surface area contributed by atoms with E-state index in [1.165, 1.54) is 0 Å². The van der Waals surface area contributed by atoms with Gasteiger partial charge in [0, 0.05) is 18.0 Å². The summed E-state index contributed by atoms with van der Waals surface area (Å²) in [6.45, 7) is 7.23. The third-order valence-electron chi connectivity index (χ3n) is 3.57. The second-order valence-corrected chi connectivity index (χ2v) is 5.11. The zero-order chi connectivity index (χ0) is 10.2. The molecule has 2 aliphatic rings. The summed E-state index contributed by atoms with van der Waals surface area (Å²) in [6.07, 6.45) is 3.28. The molecule has 0 unspecified atom stereocenters. The molecule has 0 bridgehead atoms. The highest BCUT2D eigenvalue weighted by molar-refractivity contribution is 5.84. The van der Waals surface area contributed by atoms with Gasteiger partial charge in [-0.25, -0.2) is 0 Å². The molecule has 2 saturated heterocycles. The van der Waals surface area contributed by atoms with Gasteiger partial charge in [-0.15, -0.1) is 0 Å². The van der Waals surface area contributed by atoms with Crippen molar-refractivity contribution in [3.05, 3.63) is 0 Å². The van der Waals surface area contributed by atoms with E-state index in [0.29, 0.717) is 11.9 Å². The quantitative estimate of drug-likeness (QED) is 0.678. The molecule has 2 aliphatic heterocycles. The molecule has 1 N–H and O–H groups in total. The van der Waals surface area contributed by atoms with Crippen molar-refractivity contribution >= 4 is 5.91 Å². The van der Waals surface area contributed by atoms with Crippen molar-refractivity contribution in [3.8, 4) is 0 Å². The second kappa shape index (κ2) is 3.54. The van der Waals surface area contributed by atoms with E-state index in [1.54, 1.807) is 0 Å². The van der Waals surface area contributed by atoms with Gasteiger partial charge in [0.1, 0.15) is 0 Å². The molecule has 1 amide bonds. The zero-order valence-electron chi connectivity index (χ0n) is 9.18. The smallest absolute Gasteiger partial charge is 0.228 e. The SMILES string of the molecule is CC1(C)CCN(C2CCNCC2)C1=O. The molecule has 2 fully saturated rings. The summed E-state index contributed by atoms with van der Waals surface area (Å²) in [5.74, 6) is 0.365. The summed E-state index contributed by atoms with van der Waals surface area (Å²) >= 11 is 0. The molecule has 0 aromatic rings. The van der Waals surface area contributed by atoms with E-state index in [0.717, 1.165) is 38.9 Å². The number of nitrogens with zero attached hydrogens (tertiary/aromatic N) is 1. The molecule has 2 rings (SSSR count). The van der Waals surface area contributed by atoms with Crippen LogP contribution in [0.15, 0.2) is 0 Å². The summed E-state index contributed by atoms with van der Waals surface area (Å²) in [6, 6.07) is 0.505. The highest BCUT2D eigenvalue weighted by atomic mass is 16.2. The van der Waals surface area contributed by atoms with Crippen LogP contribution in [-0.4, -0.2) is 36.5 Å². The van der Waals surface area contributed by atoms with Crippen LogP contribution in [0.25, 0.3) is 0 Å². The predicted octanol–water partition coefficient (Wildman–Crippen LogP) is 0.997. The molecular formula is C11H20N2O. The Morgan fingerprint density at radius 2 is 2.00 bits per heavy atom. The number of hydrogen-bond acceptors (Lipinski definition) is 2. The zero-order valence-corrected chi connectivity index (χ0v) is 9.18. The van der Waals surface area contributed by atoms with Gasteiger partial charge in [0.15, 0.2) is 0 Å². The second-order valence-electron chi connectivity index (χ2n) is 5.11. The van der Waals surface area contributed by atoms with E-state index in [9.17, 15) is 4.79 Å². The first-order chi connectivity index (χ1) is 6.61. The van der Waals surface area contributed by atoms with Crippen LogP contribution in [-0.2, 0) is 4.79 Å². The molecule has 0 aromatic heterocycles. The lowest BCUT2D eigenvalue weighted by molar-refractivity contribution is -0.136. The topological polar surface area (TPSA) is 32.3 Å². The van der Waals surface area contributed by atoms with E-state index in [1.807, 2.05) is 0 Å². The van der Waals surface area contributed by atoms with Crippen LogP contribution in [0, 0.1) is 5.41 Å². The molecule has 0 aliphatic carbocycles. The Hall–Kier alpha value is -0.570. The molecule has 0 atom stereocenters. The highest BCUT2D eigenvalue weighted by Gasteiger charge is 2.41. The summed E-state index contributed by atoms with van der Waals surface area (Å²) in [4.78, 5) is 14.1. The lowest BCUT2D eigenvalue weighted by Gasteiger charge is -2.32. The fourth-order valence-corrected chi connectivity index (χ4v) is 2.46. The highest BCUT2D eigenvalue weighted by Crippen LogP contribution is 2.33. The molecule has 0 saturated carbocycles. The van der Waals surface area contributed by atoms with E-state index in [2.05, 4.69) is 24.1 Å². The minimum absolute atomic E-state index is 0.106. The largest absolute Gasteiger partial charge is 0.339 e. The van der Waals surface area contributed by atoms with Gasteiger partial charge in [0.05, 0.1) is 0 Å². The van der Waals surface area contributed by atoms with Crippen molar-refractivity contribution in [2.75, 3.05) is 19.6 Å². The van der Waals surface area contributed by atoms with Crippen LogP contribution in [0.3, 0.4) is 0 Å². The van der Waals surface area contributed by atoms with Gasteiger partial charge in [-0.3, -0.25) is 4.79 Å². The van der Waals surface area contributed by atoms with E-state index in [-0.39, 0.29) is 5.41 Å². The van der Waals surface area contributed by atoms with E-state index >= 15 is 0 Å². The predicted molar refractivity (Wildman–Crippen MR) is 56.0 cm³/mol. The Morgan fingerprint density at radius 3 is 2.50 bits per heavy atom. The van der Waals surface area contributed by atoms with Crippen molar-refractivity contribution in [2.45, 2.75) is 39.2 Å². The number of amides is 1. The van der Waals surface area contributed by atoms with Crippen molar-refractivity contribution < 1.29 is 4.79 Å². The maximum absolute atomic E-state index is 12.0. The average Bonchev–Trinajstić information content (AvgIpc) is 2.44. The molecule has 14 heavy (non-hydrogen) atoms. The Bertz CT molecular complexity index is 231.